The fourth-order valence-electron chi connectivity index (χ4n) is 17.5. The summed E-state index contributed by atoms with van der Waals surface area (Å²) in [5.74, 6) is -0.827. The van der Waals surface area contributed by atoms with E-state index in [2.05, 4.69) is 59.8 Å². The quantitative estimate of drug-likeness (QED) is 0.0166. The molecule has 74 heteroatoms. The molecule has 0 amide bonds. The number of hydrogen-bond acceptors (Lipinski definition) is 52. The van der Waals surface area contributed by atoms with E-state index >= 15 is 4.57 Å². The van der Waals surface area contributed by atoms with Crippen molar-refractivity contribution >= 4 is 137 Å². The van der Waals surface area contributed by atoms with E-state index in [0.29, 0.717) is 9.13 Å². The minimum Gasteiger partial charge on any atom is -0.394 e. The zero-order valence-electron chi connectivity index (χ0n) is 75.5. The molecule has 0 saturated carbocycles. The van der Waals surface area contributed by atoms with Gasteiger partial charge in [-0.3, -0.25) is 112 Å². The van der Waals surface area contributed by atoms with Crippen LogP contribution in [0.2, 0.25) is 0 Å². The van der Waals surface area contributed by atoms with Crippen LogP contribution in [0.15, 0.2) is 91.3 Å². The fraction of sp³-hybridized carbons (Fsp3) is 0.600. The Morgan fingerprint density at radius 1 is 0.382 bits per heavy atom. The predicted molar refractivity (Wildman–Crippen MR) is 483 cm³/mol. The van der Waals surface area contributed by atoms with Gasteiger partial charge in [-0.1, -0.05) is 6.92 Å². The molecule has 66 nitrogen and oxygen atoms in total. The lowest BCUT2D eigenvalue weighted by Gasteiger charge is -2.30. The number of nitrogens with zero attached hydrogens (tertiary/aromatic N) is 16. The Morgan fingerprint density at radius 3 is 1.02 bits per heavy atom. The van der Waals surface area contributed by atoms with Crippen molar-refractivity contribution in [1.82, 2.24) is 97.2 Å². The van der Waals surface area contributed by atoms with E-state index in [1.54, 1.807) is 6.92 Å². The highest BCUT2D eigenvalue weighted by molar-refractivity contribution is 8.07. The highest BCUT2D eigenvalue weighted by atomic mass is 32.5. The van der Waals surface area contributed by atoms with E-state index in [-0.39, 0.29) is 75.7 Å². The molecule has 10 aromatic heterocycles. The average molecular weight is 2190 g/mol. The van der Waals surface area contributed by atoms with Crippen molar-refractivity contribution in [3.8, 4) is 0 Å². The summed E-state index contributed by atoms with van der Waals surface area (Å²) in [7, 11) is -16.4. The minimum absolute atomic E-state index is 0.0250. The molecule has 19 N–H and O–H groups in total. The average Bonchev–Trinajstić information content (AvgIpc) is 1.61. The van der Waals surface area contributed by atoms with Crippen LogP contribution in [0.5, 0.6) is 0 Å². The maximum absolute atomic E-state index is 15.0. The number of aliphatic hydroxyl groups excluding tert-OH is 1. The van der Waals surface area contributed by atoms with Crippen LogP contribution in [0.1, 0.15) is 57.1 Å². The van der Waals surface area contributed by atoms with Crippen molar-refractivity contribution in [1.29, 1.82) is 0 Å². The van der Waals surface area contributed by atoms with Crippen molar-refractivity contribution in [2.75, 3.05) is 112 Å². The van der Waals surface area contributed by atoms with Crippen LogP contribution in [-0.2, 0) is 158 Å². The maximum atomic E-state index is 15.0. The first-order valence-electron chi connectivity index (χ1n) is 42.7. The Hall–Kier alpha value is -8.70. The number of methoxy groups -OCH3 is 6. The molecule has 32 atom stereocenters. The second kappa shape index (κ2) is 43.1. The van der Waals surface area contributed by atoms with Crippen LogP contribution in [0.25, 0.3) is 44.7 Å². The maximum Gasteiger partial charge on any atom is 0.472 e. The van der Waals surface area contributed by atoms with Gasteiger partial charge in [-0.05, 0) is 30.0 Å². The number of nitrogen functional groups attached to an aromatic ring is 4. The predicted octanol–water partition coefficient (Wildman–Crippen LogP) is -3.36. The van der Waals surface area contributed by atoms with Crippen molar-refractivity contribution in [2.24, 2.45) is 0 Å². The Bertz CT molecular complexity index is 7060. The molecule has 17 heterocycles. The highest BCUT2D eigenvalue weighted by Crippen LogP contribution is 2.59. The summed E-state index contributed by atoms with van der Waals surface area (Å²) in [6.45, 7) is -13.8. The summed E-state index contributed by atoms with van der Waals surface area (Å²) in [4.78, 5) is 201. The number of aromatic nitrogens is 20. The normalized spacial score (nSPS) is 31.9. The molecule has 17 rings (SSSR count). The van der Waals surface area contributed by atoms with Gasteiger partial charge in [0.1, 0.15) is 134 Å². The highest BCUT2D eigenvalue weighted by Gasteiger charge is 2.60. The molecule has 0 bridgehead atoms. The summed E-state index contributed by atoms with van der Waals surface area (Å²) < 4.78 is 214. The van der Waals surface area contributed by atoms with Gasteiger partial charge in [0.2, 0.25) is 11.9 Å². The molecular weight excluding hydrogens is 2100 g/mol. The summed E-state index contributed by atoms with van der Waals surface area (Å²) in [5, 5.41) is 10.0. The summed E-state index contributed by atoms with van der Waals surface area (Å²) in [6, 6.07) is 1.71. The molecule has 7 saturated heterocycles. The van der Waals surface area contributed by atoms with Gasteiger partial charge >= 0.3 is 56.1 Å². The Kier molecular flexibility index (Phi) is 31.9. The lowest BCUT2D eigenvalue weighted by atomic mass is 10.1. The fourth-order valence-corrected chi connectivity index (χ4v) is 24.6. The van der Waals surface area contributed by atoms with E-state index in [4.69, 9.17) is 162 Å². The number of aliphatic hydroxyl groups is 1. The Morgan fingerprint density at radius 2 is 0.688 bits per heavy atom. The molecule has 12 unspecified atom stereocenters. The van der Waals surface area contributed by atoms with Gasteiger partial charge in [0.15, 0.2) is 82.6 Å². The number of fused-ring (bicyclic) bond motifs is 4. The van der Waals surface area contributed by atoms with Gasteiger partial charge in [-0.15, -0.1) is 0 Å². The SMILES string of the molecule is CC[C@H]1O[C@@H](n2cnc3c(N)ncnc32)[C@@H](OC)C1OP(=O)(O)OC[C@H]1O[C@@H](n2cnc3c(=O)[nH]c(N)nc32)[C@@H](OC)C1OP(=O)(O)OC[C@H]1O[C@@H](n2ccc(=O)[nH]c2=O)[C@@H](OC)C1OP(=O)(O)OC[C@H]1O[C@@H](n2ccc(=O)[nH]c2=O)[C@@H](OC)C1OP(=O)(O)OC[C@H]1O[C@@H](n2cnc3c(=O)[nH]c(N)nc32)[C@@H](OC)C1OP(O)(=S)OC[C@H]1O[C@@H](n2cnc3c(N)ncnc32)[C@@H](OC)C1OP(O)(=S)O[C@H]1CCO[C@H]1CO. The largest absolute Gasteiger partial charge is 0.472 e. The second-order valence-electron chi connectivity index (χ2n) is 32.5. The van der Waals surface area contributed by atoms with Gasteiger partial charge in [-0.25, -0.2) is 67.7 Å². The minimum atomic E-state index is -5.95. The van der Waals surface area contributed by atoms with Crippen LogP contribution in [0, 0.1) is 0 Å². The lowest BCUT2D eigenvalue weighted by Crippen LogP contribution is -2.41. The third-order valence-electron chi connectivity index (χ3n) is 23.9. The van der Waals surface area contributed by atoms with Gasteiger partial charge in [-0.2, -0.15) is 9.97 Å². The van der Waals surface area contributed by atoms with Crippen LogP contribution in [0.4, 0.5) is 23.5 Å². The monoisotopic (exact) mass is 2190 g/mol. The molecule has 0 radical (unpaired) electrons. The summed E-state index contributed by atoms with van der Waals surface area (Å²) in [6.07, 6.45) is -32.9. The molecule has 7 aliphatic rings. The Balaban J connectivity index is 0.621. The molecule has 0 aromatic carbocycles. The number of nitrogens with one attached hydrogen (secondary N) is 4. The van der Waals surface area contributed by atoms with Gasteiger partial charge in [0.25, 0.3) is 22.2 Å². The first-order chi connectivity index (χ1) is 68.5. The molecular formula is C70H94N24O42P6S2. The van der Waals surface area contributed by atoms with Crippen molar-refractivity contribution in [3.05, 3.63) is 125 Å². The van der Waals surface area contributed by atoms with E-state index in [0.717, 1.165) is 81.1 Å². The molecule has 10 aromatic rings. The number of imidazole rings is 4. The number of rotatable bonds is 43. The van der Waals surface area contributed by atoms with E-state index in [1.165, 1.54) is 42.3 Å². The number of phosphoric ester groups is 4. The summed E-state index contributed by atoms with van der Waals surface area (Å²) in [5.41, 5.74) is 17.8. The van der Waals surface area contributed by atoms with E-state index in [1.807, 2.05) is 9.97 Å². The topological polar surface area (TPSA) is 869 Å². The van der Waals surface area contributed by atoms with Crippen molar-refractivity contribution in [2.45, 2.75) is 179 Å². The number of aromatic amines is 4. The lowest BCUT2D eigenvalue weighted by molar-refractivity contribution is -0.0677. The molecule has 7 aliphatic heterocycles. The Labute approximate surface area is 814 Å². The smallest absolute Gasteiger partial charge is 0.394 e. The van der Waals surface area contributed by atoms with Crippen LogP contribution < -0.4 is 56.6 Å². The van der Waals surface area contributed by atoms with Gasteiger partial charge < -0.3 is 128 Å². The van der Waals surface area contributed by atoms with E-state index < -0.39 is 289 Å². The summed E-state index contributed by atoms with van der Waals surface area (Å²) >= 11 is 11.2. The van der Waals surface area contributed by atoms with Gasteiger partial charge in [0.05, 0.1) is 77.2 Å². The number of ether oxygens (including phenoxy) is 13. The molecule has 0 aliphatic carbocycles. The number of hydrogen-bond donors (Lipinski definition) is 15. The zero-order valence-corrected chi connectivity index (χ0v) is 82.5. The second-order valence-corrected chi connectivity index (χ2v) is 43.6. The first-order valence-corrected chi connectivity index (χ1v) is 53.9. The number of anilines is 4. The number of nitrogens with two attached hydrogens (primary N) is 4. The molecule has 788 valence electrons. The zero-order chi connectivity index (χ0) is 103. The van der Waals surface area contributed by atoms with Crippen LogP contribution in [0.3, 0.4) is 0 Å². The molecule has 7 fully saturated rings. The first kappa shape index (κ1) is 107. The van der Waals surface area contributed by atoms with E-state index in [9.17, 15) is 76.9 Å². The molecule has 0 spiro atoms. The third kappa shape index (κ3) is 22.2. The number of phosphoric acid groups is 4. The molecule has 144 heavy (non-hydrogen) atoms. The van der Waals surface area contributed by atoms with Crippen molar-refractivity contribution in [3.63, 3.8) is 0 Å². The standard InChI is InChI=1S/C70H94N24O42P6S2/c1-8-27-41(47(112-2)63(124-27)91-23-79-37-53(71)75-21-77-55(37)91)131-137(102,103)119-18-32-44(50(115-5)65(127-32)93-25-81-39-57(93)85-67(73)87-59(39)98)134-139(106,107)121-17-31-42(48(113-3)61(126-31)89-12-9-35(96)83-69(89)100)132-138(104,105)120-16-30-43(49(114-4)62(125-30)90-13-10-36(97)84-70(90)101)133-140(108,109)122-19-33-45(51(116-6)66(128-33)94-26-82-40-58(94)86-68(74)88-60(40)99)135-141(110,143)123-20-34-46(136-142(111,144)130-28-11-14-118-29(28)15-95)52(117-7)64(129-34)92-24-80-38-54(72)76-22-78-56(38)92/h9-10,12-13,21-34,41-52,61-66,95H,8,11,14-20H2,1-7H3,(H,102,103)(H,104,105)(H,106,107)(H,108,109)(H,110,143)(H,111,144)(H2,71,75,77)(H2,72,76,78)(H,83,96,100)(H,84,97,101)(H3,73,85,87,98)(H3,74,86,88,99)/t27-,28+,29+,30-,31-,32-,33-,34-,41?,42?,43?,44?,45?,46?,47+,48+,49+,50+,51+,52+,61-,62-,63-,64-,65-,66-,141?,142?/m1/s1. The number of H-pyrrole nitrogens is 4. The van der Waals surface area contributed by atoms with Crippen LogP contribution >= 0.6 is 44.7 Å². The van der Waals surface area contributed by atoms with Crippen molar-refractivity contribution < 1.29 is 169 Å². The van der Waals surface area contributed by atoms with Gasteiger partial charge in [0, 0.05) is 80.2 Å². The van der Waals surface area contributed by atoms with Crippen LogP contribution in [-0.4, -0.2) is 343 Å². The third-order valence-corrected chi connectivity index (χ3v) is 31.0.